The number of hydrogen-bond donors (Lipinski definition) is 0. The van der Waals surface area contributed by atoms with Crippen LogP contribution in [0.25, 0.3) is 0 Å². The van der Waals surface area contributed by atoms with Crippen LogP contribution in [0.5, 0.6) is 0 Å². The molecule has 10 heteroatoms. The molecule has 0 radical (unpaired) electrons. The molecule has 2 saturated heterocycles. The summed E-state index contributed by atoms with van der Waals surface area (Å²) in [4.78, 5) is 25.2. The van der Waals surface area contributed by atoms with Crippen molar-refractivity contribution in [3.63, 3.8) is 0 Å². The number of amides is 1. The number of rotatable bonds is 4. The van der Waals surface area contributed by atoms with Crippen LogP contribution in [0.1, 0.15) is 37.8 Å². The summed E-state index contributed by atoms with van der Waals surface area (Å²) in [6.45, 7) is 3.77. The predicted octanol–water partition coefficient (Wildman–Crippen LogP) is 0.880. The zero-order valence-electron chi connectivity index (χ0n) is 16.4. The fourth-order valence-corrected chi connectivity index (χ4v) is 4.48. The molecule has 0 aliphatic carbocycles. The van der Waals surface area contributed by atoms with Gasteiger partial charge in [-0.25, -0.2) is 14.6 Å². The van der Waals surface area contributed by atoms with Gasteiger partial charge in [-0.05, 0) is 54.4 Å². The van der Waals surface area contributed by atoms with E-state index in [2.05, 4.69) is 30.4 Å². The minimum absolute atomic E-state index is 0.0854. The van der Waals surface area contributed by atoms with Crippen LogP contribution in [0.15, 0.2) is 18.7 Å². The van der Waals surface area contributed by atoms with Crippen LogP contribution in [0.2, 0.25) is 0 Å². The molecule has 0 N–H and O–H groups in total. The van der Waals surface area contributed by atoms with Gasteiger partial charge in [0.1, 0.15) is 24.8 Å². The van der Waals surface area contributed by atoms with Crippen molar-refractivity contribution in [1.29, 1.82) is 5.26 Å². The SMILES string of the molecule is N#Cc1cnc(N2CCCC(C3CCN(C(=O)Cn4cnnn4)CC3)CC2)cn1. The molecule has 2 aromatic heterocycles. The summed E-state index contributed by atoms with van der Waals surface area (Å²) in [7, 11) is 0. The Morgan fingerprint density at radius 2 is 1.86 bits per heavy atom. The summed E-state index contributed by atoms with van der Waals surface area (Å²) in [6, 6.07) is 2.01. The van der Waals surface area contributed by atoms with Gasteiger partial charge in [-0.3, -0.25) is 4.79 Å². The molecule has 0 bridgehead atoms. The van der Waals surface area contributed by atoms with Crippen LogP contribution in [0.4, 0.5) is 5.82 Å². The zero-order valence-corrected chi connectivity index (χ0v) is 16.4. The maximum atomic E-state index is 12.4. The number of hydrogen-bond acceptors (Lipinski definition) is 8. The van der Waals surface area contributed by atoms with E-state index in [-0.39, 0.29) is 12.5 Å². The lowest BCUT2D eigenvalue weighted by Gasteiger charge is -2.36. The van der Waals surface area contributed by atoms with E-state index in [1.165, 1.54) is 17.4 Å². The van der Waals surface area contributed by atoms with E-state index in [1.54, 1.807) is 12.4 Å². The fraction of sp³-hybridized carbons (Fsp3) is 0.632. The molecular weight excluding hydrogens is 370 g/mol. The average molecular weight is 395 g/mol. The van der Waals surface area contributed by atoms with Gasteiger partial charge in [-0.15, -0.1) is 5.10 Å². The summed E-state index contributed by atoms with van der Waals surface area (Å²) in [5.74, 6) is 2.29. The van der Waals surface area contributed by atoms with Gasteiger partial charge in [0, 0.05) is 26.2 Å². The van der Waals surface area contributed by atoms with Crippen LogP contribution in [0.3, 0.4) is 0 Å². The topological polar surface area (TPSA) is 117 Å². The van der Waals surface area contributed by atoms with E-state index in [0.717, 1.165) is 57.7 Å². The van der Waals surface area contributed by atoms with Crippen molar-refractivity contribution in [1.82, 2.24) is 35.1 Å². The number of tetrazole rings is 1. The van der Waals surface area contributed by atoms with Gasteiger partial charge in [0.05, 0.1) is 12.4 Å². The molecule has 10 nitrogen and oxygen atoms in total. The Balaban J connectivity index is 1.27. The van der Waals surface area contributed by atoms with Gasteiger partial charge >= 0.3 is 0 Å². The first-order valence-electron chi connectivity index (χ1n) is 10.2. The first-order chi connectivity index (χ1) is 14.2. The first kappa shape index (κ1) is 19.2. The number of aromatic nitrogens is 6. The molecule has 4 heterocycles. The summed E-state index contributed by atoms with van der Waals surface area (Å²) in [6.07, 6.45) is 10.3. The lowest BCUT2D eigenvalue weighted by Crippen LogP contribution is -2.41. The molecule has 29 heavy (non-hydrogen) atoms. The monoisotopic (exact) mass is 395 g/mol. The van der Waals surface area contributed by atoms with E-state index in [4.69, 9.17) is 5.26 Å². The molecular formula is C19H25N9O. The minimum Gasteiger partial charge on any atom is -0.355 e. The Labute approximate surface area is 169 Å². The standard InChI is InChI=1S/C19H25N9O/c20-10-17-11-22-18(12-21-17)26-6-1-2-15(3-7-26)16-4-8-27(9-5-16)19(29)13-28-14-23-24-25-28/h11-12,14-16H,1-9,13H2. The molecule has 0 spiro atoms. The highest BCUT2D eigenvalue weighted by atomic mass is 16.2. The van der Waals surface area contributed by atoms with Crippen molar-refractivity contribution in [3.8, 4) is 6.07 Å². The highest BCUT2D eigenvalue weighted by Gasteiger charge is 2.30. The van der Waals surface area contributed by atoms with E-state index in [9.17, 15) is 4.79 Å². The van der Waals surface area contributed by atoms with Crippen molar-refractivity contribution in [3.05, 3.63) is 24.4 Å². The molecule has 1 atom stereocenters. The van der Waals surface area contributed by atoms with Crippen molar-refractivity contribution >= 4 is 11.7 Å². The van der Waals surface area contributed by atoms with Gasteiger partial charge in [0.15, 0.2) is 5.69 Å². The number of piperidine rings is 1. The third kappa shape index (κ3) is 4.67. The molecule has 2 aliphatic heterocycles. The summed E-state index contributed by atoms with van der Waals surface area (Å²) in [5, 5.41) is 19.8. The van der Waals surface area contributed by atoms with E-state index >= 15 is 0 Å². The molecule has 0 aromatic carbocycles. The molecule has 2 fully saturated rings. The van der Waals surface area contributed by atoms with Gasteiger partial charge < -0.3 is 9.80 Å². The molecule has 2 aromatic rings. The second-order valence-electron chi connectivity index (χ2n) is 7.78. The van der Waals surface area contributed by atoms with Crippen LogP contribution in [-0.2, 0) is 11.3 Å². The van der Waals surface area contributed by atoms with Gasteiger partial charge in [-0.1, -0.05) is 0 Å². The Morgan fingerprint density at radius 3 is 2.55 bits per heavy atom. The maximum absolute atomic E-state index is 12.4. The lowest BCUT2D eigenvalue weighted by atomic mass is 9.80. The van der Waals surface area contributed by atoms with Crippen LogP contribution in [-0.4, -0.2) is 67.2 Å². The second kappa shape index (κ2) is 8.94. The zero-order chi connectivity index (χ0) is 20.1. The predicted molar refractivity (Wildman–Crippen MR) is 103 cm³/mol. The van der Waals surface area contributed by atoms with E-state index in [1.807, 2.05) is 11.0 Å². The normalized spacial score (nSPS) is 20.9. The lowest BCUT2D eigenvalue weighted by molar-refractivity contribution is -0.133. The fourth-order valence-electron chi connectivity index (χ4n) is 4.48. The maximum Gasteiger partial charge on any atom is 0.244 e. The Kier molecular flexibility index (Phi) is 5.93. The highest BCUT2D eigenvalue weighted by Crippen LogP contribution is 2.33. The third-order valence-electron chi connectivity index (χ3n) is 6.10. The number of anilines is 1. The van der Waals surface area contributed by atoms with Crippen molar-refractivity contribution in [2.45, 2.75) is 38.6 Å². The van der Waals surface area contributed by atoms with Gasteiger partial charge in [0.2, 0.25) is 5.91 Å². The second-order valence-corrected chi connectivity index (χ2v) is 7.78. The minimum atomic E-state index is 0.0854. The van der Waals surface area contributed by atoms with Crippen LogP contribution < -0.4 is 4.90 Å². The smallest absolute Gasteiger partial charge is 0.244 e. The van der Waals surface area contributed by atoms with Crippen LogP contribution in [0, 0.1) is 23.2 Å². The highest BCUT2D eigenvalue weighted by molar-refractivity contribution is 5.75. The summed E-state index contributed by atoms with van der Waals surface area (Å²) >= 11 is 0. The summed E-state index contributed by atoms with van der Waals surface area (Å²) in [5.41, 5.74) is 0.350. The van der Waals surface area contributed by atoms with Gasteiger partial charge in [0.25, 0.3) is 0 Å². The molecule has 1 amide bonds. The largest absolute Gasteiger partial charge is 0.355 e. The first-order valence-corrected chi connectivity index (χ1v) is 10.2. The number of carbonyl (C=O) groups is 1. The average Bonchev–Trinajstić information content (AvgIpc) is 3.15. The van der Waals surface area contributed by atoms with E-state index < -0.39 is 0 Å². The summed E-state index contributed by atoms with van der Waals surface area (Å²) < 4.78 is 1.47. The number of carbonyl (C=O) groups excluding carboxylic acids is 1. The molecule has 4 rings (SSSR count). The number of nitriles is 1. The van der Waals surface area contributed by atoms with Crippen molar-refractivity contribution < 1.29 is 4.79 Å². The van der Waals surface area contributed by atoms with Crippen LogP contribution >= 0.6 is 0 Å². The van der Waals surface area contributed by atoms with Gasteiger partial charge in [-0.2, -0.15) is 5.26 Å². The molecule has 2 aliphatic rings. The quantitative estimate of drug-likeness (QED) is 0.749. The van der Waals surface area contributed by atoms with E-state index in [0.29, 0.717) is 17.5 Å². The molecule has 0 saturated carbocycles. The third-order valence-corrected chi connectivity index (χ3v) is 6.10. The molecule has 1 unspecified atom stereocenters. The Morgan fingerprint density at radius 1 is 1.07 bits per heavy atom. The van der Waals surface area contributed by atoms with Crippen molar-refractivity contribution in [2.24, 2.45) is 11.8 Å². The Hall–Kier alpha value is -3.09. The number of nitrogens with zero attached hydrogens (tertiary/aromatic N) is 9. The number of likely N-dealkylation sites (tertiary alicyclic amines) is 1. The Bertz CT molecular complexity index is 838. The molecule has 152 valence electrons. The van der Waals surface area contributed by atoms with Crippen molar-refractivity contribution in [2.75, 3.05) is 31.1 Å².